The van der Waals surface area contributed by atoms with Crippen molar-refractivity contribution in [2.45, 2.75) is 0 Å². The van der Waals surface area contributed by atoms with Crippen LogP contribution in [0, 0.1) is 5.41 Å². The van der Waals surface area contributed by atoms with E-state index in [1.165, 1.54) is 7.05 Å². The van der Waals surface area contributed by atoms with Crippen molar-refractivity contribution in [1.29, 1.82) is 5.41 Å². The van der Waals surface area contributed by atoms with Gasteiger partial charge in [-0.3, -0.25) is 24.3 Å². The van der Waals surface area contributed by atoms with Crippen LogP contribution in [0.4, 0.5) is 0 Å². The minimum Gasteiger partial charge on any atom is -1.00 e. The average molecular weight is 360 g/mol. The summed E-state index contributed by atoms with van der Waals surface area (Å²) in [5.41, 5.74) is 4.96. The molecule has 7 N–H and O–H groups in total. The first-order valence-corrected chi connectivity index (χ1v) is 6.68. The van der Waals surface area contributed by atoms with Gasteiger partial charge in [-0.2, -0.15) is 8.42 Å². The number of nitrogens with one attached hydrogen (secondary N) is 1. The number of carbonyl (C=O) groups excluding carboxylic acids is 1. The number of hydrogen-bond donors (Lipinski definition) is 6. The van der Waals surface area contributed by atoms with Crippen LogP contribution in [0.2, 0.25) is 0 Å². The maximum absolute atomic E-state index is 10.7. The van der Waals surface area contributed by atoms with Gasteiger partial charge in [-0.1, -0.05) is 0 Å². The Kier molecular flexibility index (Phi) is 17.3. The largest absolute Gasteiger partial charge is 2.00 e. The van der Waals surface area contributed by atoms with Gasteiger partial charge >= 0.3 is 76.8 Å². The van der Waals surface area contributed by atoms with E-state index in [4.69, 9.17) is 38.5 Å². The van der Waals surface area contributed by atoms with Crippen LogP contribution in [0.5, 0.6) is 0 Å². The zero-order valence-electron chi connectivity index (χ0n) is 13.6. The second-order valence-corrected chi connectivity index (χ2v) is 4.70. The van der Waals surface area contributed by atoms with Crippen molar-refractivity contribution in [2.75, 3.05) is 13.6 Å². The number of likely N-dealkylation sites (N-methyl/N-ethyl adjacent to an activating group) is 1. The molecule has 0 spiro atoms. The first-order chi connectivity index (χ1) is 7.72. The number of phosphoric ester groups is 1. The fraction of sp³-hybridized carbons (Fsp3) is 0.500. The van der Waals surface area contributed by atoms with Crippen molar-refractivity contribution in [3.63, 3.8) is 0 Å². The normalized spacial score (nSPS) is 9.85. The maximum Gasteiger partial charge on any atom is 2.00 e. The van der Waals surface area contributed by atoms with E-state index in [0.29, 0.717) is 0 Å². The van der Waals surface area contributed by atoms with Crippen LogP contribution < -0.4 is 35.3 Å². The molecule has 0 aromatic rings. The summed E-state index contributed by atoms with van der Waals surface area (Å²) in [6.07, 6.45) is 0. The Hall–Kier alpha value is 0.526. The van der Waals surface area contributed by atoms with Crippen molar-refractivity contribution >= 4 is 53.2 Å². The van der Waals surface area contributed by atoms with E-state index in [0.717, 1.165) is 4.90 Å². The Bertz CT molecular complexity index is 457. The van der Waals surface area contributed by atoms with Crippen LogP contribution in [0.3, 0.4) is 0 Å². The fourth-order valence-corrected chi connectivity index (χ4v) is 0.763. The van der Waals surface area contributed by atoms with Crippen LogP contribution in [-0.2, 0) is 24.3 Å². The molecule has 0 aromatic heterocycles. The van der Waals surface area contributed by atoms with Gasteiger partial charge in [0.15, 0.2) is 5.96 Å². The molecule has 0 aliphatic carbocycles. The second-order valence-electron chi connectivity index (χ2n) is 2.64. The summed E-state index contributed by atoms with van der Waals surface area (Å²) in [4.78, 5) is 28.0. The molecule has 20 heavy (non-hydrogen) atoms. The number of carbonyl (C=O) groups is 1. The Morgan fingerprint density at radius 3 is 1.95 bits per heavy atom. The summed E-state index contributed by atoms with van der Waals surface area (Å²) in [6, 6.07) is 0. The molecule has 0 radical (unpaired) electrons. The second kappa shape index (κ2) is 12.1. The van der Waals surface area contributed by atoms with Crippen molar-refractivity contribution < 1.29 is 75.0 Å². The first-order valence-electron chi connectivity index (χ1n) is 3.75. The zero-order chi connectivity index (χ0) is 15.1. The minimum atomic E-state index is -4.80. The number of nitrogens with two attached hydrogens (primary N) is 1. The molecule has 0 amide bonds. The van der Waals surface area contributed by atoms with Gasteiger partial charge in [-0.25, -0.2) is 9.36 Å². The van der Waals surface area contributed by atoms with E-state index in [1.807, 2.05) is 0 Å². The van der Waals surface area contributed by atoms with E-state index in [9.17, 15) is 9.36 Å². The Balaban J connectivity index is -0.0000000455. The number of hydrogen-bond acceptors (Lipinski definition) is 6. The van der Waals surface area contributed by atoms with Crippen LogP contribution >= 0.6 is 7.82 Å². The van der Waals surface area contributed by atoms with Gasteiger partial charge in [0.2, 0.25) is 0 Å². The maximum atomic E-state index is 10.7. The van der Waals surface area contributed by atoms with Crippen molar-refractivity contribution in [2.24, 2.45) is 5.73 Å². The number of nitrogens with zero attached hydrogens (tertiary/aromatic N) is 1. The van der Waals surface area contributed by atoms with Gasteiger partial charge in [-0.05, 0) is 0 Å². The van der Waals surface area contributed by atoms with Crippen molar-refractivity contribution in [3.8, 4) is 0 Å². The predicted molar refractivity (Wildman–Crippen MR) is 65.9 cm³/mol. The molecular formula is C4H15MgN3NaO9PS. The summed E-state index contributed by atoms with van der Waals surface area (Å²) < 4.78 is 45.4. The summed E-state index contributed by atoms with van der Waals surface area (Å²) in [5.74, 6) is -1.55. The topological polar surface area (TPSA) is 212 Å². The van der Waals surface area contributed by atoms with Gasteiger partial charge in [0.25, 0.3) is 0 Å². The molecule has 0 bridgehead atoms. The molecule has 0 atom stereocenters. The molecule has 0 aliphatic rings. The van der Waals surface area contributed by atoms with E-state index < -0.39 is 36.7 Å². The molecule has 114 valence electrons. The Labute approximate surface area is 157 Å². The summed E-state index contributed by atoms with van der Waals surface area (Å²) in [7, 11) is -8.15. The zero-order valence-corrected chi connectivity index (χ0v) is 15.7. The number of phosphoric acid groups is 1. The molecule has 0 rings (SSSR count). The molecule has 12 nitrogen and oxygen atoms in total. The van der Waals surface area contributed by atoms with Crippen LogP contribution in [-0.4, -0.2) is 80.8 Å². The van der Waals surface area contributed by atoms with E-state index in [-0.39, 0.29) is 56.9 Å². The van der Waals surface area contributed by atoms with Gasteiger partial charge in [0.1, 0.15) is 6.54 Å². The molecule has 0 unspecified atom stereocenters. The standard InChI is InChI=1S/C4H10N3O5P.Mg.Na.H2O4S.3H/c1-7(4(5)6)2-3(8)12-13(9,10)11;;;1-5(2,3)4;;;/h2H2,1H3,(H3,5,6)(H2,9,10,11);;;(H2,1,2,3,4);;;/q;+2;+1;;3*-1. The molecule has 0 aliphatic heterocycles. The molecule has 0 aromatic carbocycles. The van der Waals surface area contributed by atoms with E-state index >= 15 is 0 Å². The van der Waals surface area contributed by atoms with Gasteiger partial charge < -0.3 is 19.4 Å². The molecule has 0 saturated heterocycles. The monoisotopic (exact) mass is 359 g/mol. The predicted octanol–water partition coefficient (Wildman–Crippen LogP) is -5.24. The van der Waals surface area contributed by atoms with Gasteiger partial charge in [0, 0.05) is 7.05 Å². The third-order valence-electron chi connectivity index (χ3n) is 0.998. The third kappa shape index (κ3) is 31.1. The Morgan fingerprint density at radius 1 is 1.45 bits per heavy atom. The SMILES string of the molecule is CN(CC(=O)OP(=O)(O)O)C(=N)N.O=S(=O)(O)O.[H-].[H-].[H-].[Mg+2].[Na+]. The average Bonchev–Trinajstić information content (AvgIpc) is 1.95. The molecule has 0 fully saturated rings. The number of guanidine groups is 1. The number of rotatable bonds is 3. The molecular weight excluding hydrogens is 344 g/mol. The van der Waals surface area contributed by atoms with Crippen LogP contribution in [0.1, 0.15) is 4.28 Å². The van der Waals surface area contributed by atoms with E-state index in [1.54, 1.807) is 0 Å². The molecule has 16 heteroatoms. The van der Waals surface area contributed by atoms with Crippen molar-refractivity contribution in [1.82, 2.24) is 4.90 Å². The third-order valence-corrected chi connectivity index (χ3v) is 1.44. The summed E-state index contributed by atoms with van der Waals surface area (Å²) >= 11 is 0. The summed E-state index contributed by atoms with van der Waals surface area (Å²) in [5, 5.41) is 6.83. The fourth-order valence-electron chi connectivity index (χ4n) is 0.440. The van der Waals surface area contributed by atoms with Gasteiger partial charge in [-0.15, -0.1) is 0 Å². The smallest absolute Gasteiger partial charge is 1.00 e. The van der Waals surface area contributed by atoms with Gasteiger partial charge in [0.05, 0.1) is 0 Å². The molecule has 0 heterocycles. The molecule has 0 saturated carbocycles. The van der Waals surface area contributed by atoms with Crippen LogP contribution in [0.25, 0.3) is 0 Å². The first kappa shape index (κ1) is 28.7. The van der Waals surface area contributed by atoms with E-state index in [2.05, 4.69) is 4.52 Å². The minimum absolute atomic E-state index is 0. The van der Waals surface area contributed by atoms with Crippen molar-refractivity contribution in [3.05, 3.63) is 0 Å². The quantitative estimate of drug-likeness (QED) is 0.0920. The van der Waals surface area contributed by atoms with Crippen LogP contribution in [0.15, 0.2) is 0 Å². The Morgan fingerprint density at radius 2 is 1.75 bits per heavy atom. The summed E-state index contributed by atoms with van der Waals surface area (Å²) in [6.45, 7) is -0.486.